The van der Waals surface area contributed by atoms with Crippen molar-refractivity contribution < 1.29 is 13.2 Å². The number of rotatable bonds is 6. The molecule has 0 radical (unpaired) electrons. The van der Waals surface area contributed by atoms with E-state index >= 15 is 0 Å². The molecule has 1 fully saturated rings. The topological polar surface area (TPSA) is 72.6 Å². The van der Waals surface area contributed by atoms with E-state index in [0.29, 0.717) is 32.6 Å². The van der Waals surface area contributed by atoms with Gasteiger partial charge in [-0.25, -0.2) is 8.42 Å². The van der Waals surface area contributed by atoms with E-state index in [1.54, 1.807) is 0 Å². The summed E-state index contributed by atoms with van der Waals surface area (Å²) < 4.78 is 28.2. The SMILES string of the molecule is CCOCCN(C)C1(CN)CCS(=O)(=O)CC1. The second-order valence-corrected chi connectivity index (χ2v) is 7.00. The van der Waals surface area contributed by atoms with Crippen molar-refractivity contribution in [1.82, 2.24) is 4.90 Å². The van der Waals surface area contributed by atoms with Crippen LogP contribution in [0.3, 0.4) is 0 Å². The summed E-state index contributed by atoms with van der Waals surface area (Å²) in [6.07, 6.45) is 1.27. The highest BCUT2D eigenvalue weighted by Gasteiger charge is 2.39. The zero-order valence-corrected chi connectivity index (χ0v) is 11.6. The molecule has 5 nitrogen and oxygen atoms in total. The third-order valence-electron chi connectivity index (χ3n) is 3.72. The van der Waals surface area contributed by atoms with E-state index in [-0.39, 0.29) is 17.0 Å². The van der Waals surface area contributed by atoms with Crippen molar-refractivity contribution in [3.8, 4) is 0 Å². The van der Waals surface area contributed by atoms with Crippen LogP contribution in [0.1, 0.15) is 19.8 Å². The van der Waals surface area contributed by atoms with Gasteiger partial charge in [0.2, 0.25) is 0 Å². The molecule has 1 aliphatic heterocycles. The Morgan fingerprint density at radius 1 is 1.35 bits per heavy atom. The molecule has 0 saturated carbocycles. The van der Waals surface area contributed by atoms with Gasteiger partial charge in [-0.05, 0) is 26.8 Å². The number of hydrogen-bond donors (Lipinski definition) is 1. The molecule has 17 heavy (non-hydrogen) atoms. The highest BCUT2D eigenvalue weighted by Crippen LogP contribution is 2.28. The summed E-state index contributed by atoms with van der Waals surface area (Å²) >= 11 is 0. The first kappa shape index (κ1) is 14.9. The molecule has 102 valence electrons. The van der Waals surface area contributed by atoms with Crippen LogP contribution in [0, 0.1) is 0 Å². The van der Waals surface area contributed by atoms with Gasteiger partial charge in [-0.2, -0.15) is 0 Å². The molecule has 1 heterocycles. The highest BCUT2D eigenvalue weighted by molar-refractivity contribution is 7.91. The van der Waals surface area contributed by atoms with Gasteiger partial charge in [0, 0.05) is 25.2 Å². The summed E-state index contributed by atoms with van der Waals surface area (Å²) in [6.45, 7) is 4.64. The minimum absolute atomic E-state index is 0.164. The summed E-state index contributed by atoms with van der Waals surface area (Å²) in [5, 5.41) is 0. The first-order valence-electron chi connectivity index (χ1n) is 6.15. The largest absolute Gasteiger partial charge is 0.380 e. The molecule has 0 aliphatic carbocycles. The zero-order chi connectivity index (χ0) is 12.9. The molecule has 0 unspecified atom stereocenters. The Labute approximate surface area is 104 Å². The van der Waals surface area contributed by atoms with E-state index in [4.69, 9.17) is 10.5 Å². The van der Waals surface area contributed by atoms with Crippen LogP contribution in [0.25, 0.3) is 0 Å². The van der Waals surface area contributed by atoms with Crippen LogP contribution in [0.2, 0.25) is 0 Å². The van der Waals surface area contributed by atoms with E-state index in [0.717, 1.165) is 6.54 Å². The third-order valence-corrected chi connectivity index (χ3v) is 5.37. The monoisotopic (exact) mass is 264 g/mol. The van der Waals surface area contributed by atoms with Crippen molar-refractivity contribution in [2.24, 2.45) is 5.73 Å². The Kier molecular flexibility index (Phi) is 5.37. The first-order valence-corrected chi connectivity index (χ1v) is 7.97. The summed E-state index contributed by atoms with van der Waals surface area (Å²) in [6, 6.07) is 0. The number of sulfone groups is 1. The van der Waals surface area contributed by atoms with E-state index < -0.39 is 9.84 Å². The minimum Gasteiger partial charge on any atom is -0.380 e. The smallest absolute Gasteiger partial charge is 0.150 e. The molecule has 0 amide bonds. The van der Waals surface area contributed by atoms with Crippen molar-refractivity contribution in [1.29, 1.82) is 0 Å². The van der Waals surface area contributed by atoms with Crippen molar-refractivity contribution in [2.45, 2.75) is 25.3 Å². The molecule has 0 spiro atoms. The van der Waals surface area contributed by atoms with Gasteiger partial charge in [0.1, 0.15) is 9.84 Å². The number of likely N-dealkylation sites (N-methyl/N-ethyl adjacent to an activating group) is 1. The molecule has 6 heteroatoms. The van der Waals surface area contributed by atoms with Gasteiger partial charge < -0.3 is 10.5 Å². The molecule has 0 atom stereocenters. The highest BCUT2D eigenvalue weighted by atomic mass is 32.2. The first-order chi connectivity index (χ1) is 7.96. The molecule has 1 saturated heterocycles. The Morgan fingerprint density at radius 2 is 1.94 bits per heavy atom. The predicted octanol–water partition coefficient (Wildman–Crippen LogP) is -0.139. The fraction of sp³-hybridized carbons (Fsp3) is 1.00. The summed E-state index contributed by atoms with van der Waals surface area (Å²) in [7, 11) is -0.832. The van der Waals surface area contributed by atoms with Crippen LogP contribution in [0.15, 0.2) is 0 Å². The average Bonchev–Trinajstić information content (AvgIpc) is 2.30. The molecule has 2 N–H and O–H groups in total. The third kappa shape index (κ3) is 3.91. The number of nitrogens with two attached hydrogens (primary N) is 1. The van der Waals surface area contributed by atoms with E-state index in [2.05, 4.69) is 4.90 Å². The van der Waals surface area contributed by atoms with Gasteiger partial charge in [0.05, 0.1) is 18.1 Å². The Hall–Kier alpha value is -0.170. The lowest BCUT2D eigenvalue weighted by molar-refractivity contribution is 0.0617. The summed E-state index contributed by atoms with van der Waals surface area (Å²) in [5.41, 5.74) is 5.69. The van der Waals surface area contributed by atoms with Gasteiger partial charge in [-0.3, -0.25) is 4.90 Å². The van der Waals surface area contributed by atoms with Crippen LogP contribution in [-0.4, -0.2) is 63.7 Å². The molecule has 0 aromatic heterocycles. The normalized spacial score (nSPS) is 22.8. The molecule has 1 aliphatic rings. The van der Waals surface area contributed by atoms with Crippen molar-refractivity contribution in [3.05, 3.63) is 0 Å². The standard InChI is InChI=1S/C11H24N2O3S/c1-3-16-7-6-13(2)11(10-12)4-8-17(14,15)9-5-11/h3-10,12H2,1-2H3. The van der Waals surface area contributed by atoms with Crippen LogP contribution >= 0.6 is 0 Å². The fourth-order valence-corrected chi connectivity index (χ4v) is 3.83. The van der Waals surface area contributed by atoms with E-state index in [1.165, 1.54) is 0 Å². The molecular formula is C11H24N2O3S. The maximum Gasteiger partial charge on any atom is 0.150 e. The molecule has 1 rings (SSSR count). The maximum absolute atomic E-state index is 11.5. The van der Waals surface area contributed by atoms with E-state index in [1.807, 2.05) is 14.0 Å². The molecule has 0 aromatic rings. The second kappa shape index (κ2) is 6.13. The predicted molar refractivity (Wildman–Crippen MR) is 68.8 cm³/mol. The van der Waals surface area contributed by atoms with Crippen molar-refractivity contribution in [3.63, 3.8) is 0 Å². The fourth-order valence-electron chi connectivity index (χ4n) is 2.24. The second-order valence-electron chi connectivity index (χ2n) is 4.70. The molecule has 0 aromatic carbocycles. The zero-order valence-electron chi connectivity index (χ0n) is 10.8. The maximum atomic E-state index is 11.5. The lowest BCUT2D eigenvalue weighted by atomic mass is 9.90. The Bertz CT molecular complexity index is 316. The van der Waals surface area contributed by atoms with Gasteiger partial charge in [-0.1, -0.05) is 0 Å². The average molecular weight is 264 g/mol. The van der Waals surface area contributed by atoms with Crippen LogP contribution in [0.4, 0.5) is 0 Å². The summed E-state index contributed by atoms with van der Waals surface area (Å²) in [4.78, 5) is 2.16. The molecule has 0 bridgehead atoms. The molecular weight excluding hydrogens is 240 g/mol. The minimum atomic E-state index is -2.84. The van der Waals surface area contributed by atoms with Crippen LogP contribution in [-0.2, 0) is 14.6 Å². The van der Waals surface area contributed by atoms with Gasteiger partial charge in [0.25, 0.3) is 0 Å². The number of ether oxygens (including phenoxy) is 1. The van der Waals surface area contributed by atoms with E-state index in [9.17, 15) is 8.42 Å². The van der Waals surface area contributed by atoms with Gasteiger partial charge in [-0.15, -0.1) is 0 Å². The lowest BCUT2D eigenvalue weighted by Gasteiger charge is -2.43. The quantitative estimate of drug-likeness (QED) is 0.676. The summed E-state index contributed by atoms with van der Waals surface area (Å²) in [5.74, 6) is 0.506. The number of hydrogen-bond acceptors (Lipinski definition) is 5. The van der Waals surface area contributed by atoms with Crippen molar-refractivity contribution in [2.75, 3.05) is 44.9 Å². The number of nitrogens with zero attached hydrogens (tertiary/aromatic N) is 1. The van der Waals surface area contributed by atoms with Crippen molar-refractivity contribution >= 4 is 9.84 Å². The Morgan fingerprint density at radius 3 is 2.41 bits per heavy atom. The Balaban J connectivity index is 2.57. The van der Waals surface area contributed by atoms with Gasteiger partial charge >= 0.3 is 0 Å². The van der Waals surface area contributed by atoms with Crippen LogP contribution < -0.4 is 5.73 Å². The van der Waals surface area contributed by atoms with Gasteiger partial charge in [0.15, 0.2) is 0 Å². The lowest BCUT2D eigenvalue weighted by Crippen LogP contribution is -2.57. The van der Waals surface area contributed by atoms with Crippen LogP contribution in [0.5, 0.6) is 0 Å².